The van der Waals surface area contributed by atoms with E-state index in [1.54, 1.807) is 53.7 Å². The fourth-order valence-electron chi connectivity index (χ4n) is 3.88. The van der Waals surface area contributed by atoms with Crippen LogP contribution in [-0.2, 0) is 4.79 Å². The lowest BCUT2D eigenvalue weighted by molar-refractivity contribution is -0.121. The molecule has 2 heterocycles. The van der Waals surface area contributed by atoms with E-state index in [1.807, 2.05) is 31.2 Å². The minimum Gasteiger partial charge on any atom is -0.338 e. The number of aryl methyl sites for hydroxylation is 1. The third-order valence-corrected chi connectivity index (χ3v) is 5.71. The zero-order valence-electron chi connectivity index (χ0n) is 18.5. The SMILES string of the molecule is Cc1ccc(C(=O)N2CCCC(C(=O)Nc3cccc(C(=O)Nc4ccncc4)c3)C2)cc1. The van der Waals surface area contributed by atoms with Gasteiger partial charge in [0.05, 0.1) is 5.92 Å². The fraction of sp³-hybridized carbons (Fsp3) is 0.231. The summed E-state index contributed by atoms with van der Waals surface area (Å²) in [5, 5.41) is 5.71. The standard InChI is InChI=1S/C26H26N4O3/c1-18-7-9-19(10-8-18)26(33)30-15-3-5-21(17-30)25(32)29-23-6-2-4-20(16-23)24(31)28-22-11-13-27-14-12-22/h2,4,6-14,16,21H,3,5,15,17H2,1H3,(H,29,32)(H,27,28,31). The lowest BCUT2D eigenvalue weighted by Gasteiger charge is -2.32. The van der Waals surface area contributed by atoms with Crippen molar-refractivity contribution in [1.29, 1.82) is 0 Å². The largest absolute Gasteiger partial charge is 0.338 e. The number of hydrogen-bond acceptors (Lipinski definition) is 4. The van der Waals surface area contributed by atoms with Crippen LogP contribution in [0.1, 0.15) is 39.1 Å². The van der Waals surface area contributed by atoms with Crippen LogP contribution in [0.2, 0.25) is 0 Å². The maximum atomic E-state index is 12.9. The van der Waals surface area contributed by atoms with Gasteiger partial charge in [0.25, 0.3) is 11.8 Å². The zero-order chi connectivity index (χ0) is 23.2. The highest BCUT2D eigenvalue weighted by Gasteiger charge is 2.29. The highest BCUT2D eigenvalue weighted by molar-refractivity contribution is 6.05. The summed E-state index contributed by atoms with van der Waals surface area (Å²) in [6.07, 6.45) is 4.68. The number of rotatable bonds is 5. The van der Waals surface area contributed by atoms with Crippen molar-refractivity contribution >= 4 is 29.1 Å². The molecule has 7 heteroatoms. The number of anilines is 2. The number of likely N-dealkylation sites (tertiary alicyclic amines) is 1. The fourth-order valence-corrected chi connectivity index (χ4v) is 3.88. The van der Waals surface area contributed by atoms with Gasteiger partial charge in [0.2, 0.25) is 5.91 Å². The van der Waals surface area contributed by atoms with Gasteiger partial charge in [-0.15, -0.1) is 0 Å². The summed E-state index contributed by atoms with van der Waals surface area (Å²) in [5.41, 5.74) is 3.35. The summed E-state index contributed by atoms with van der Waals surface area (Å²) in [5.74, 6) is -0.780. The Bertz CT molecular complexity index is 1150. The van der Waals surface area contributed by atoms with Gasteiger partial charge in [0.15, 0.2) is 0 Å². The average Bonchev–Trinajstić information content (AvgIpc) is 2.85. The lowest BCUT2D eigenvalue weighted by Crippen LogP contribution is -2.43. The minimum absolute atomic E-state index is 0.0534. The molecule has 0 aliphatic carbocycles. The van der Waals surface area contributed by atoms with Gasteiger partial charge in [-0.25, -0.2) is 0 Å². The van der Waals surface area contributed by atoms with Crippen LogP contribution in [0.15, 0.2) is 73.1 Å². The van der Waals surface area contributed by atoms with Crippen molar-refractivity contribution in [3.63, 3.8) is 0 Å². The van der Waals surface area contributed by atoms with E-state index >= 15 is 0 Å². The van der Waals surface area contributed by atoms with Gasteiger partial charge >= 0.3 is 0 Å². The Kier molecular flexibility index (Phi) is 6.78. The highest BCUT2D eigenvalue weighted by Crippen LogP contribution is 2.21. The first kappa shape index (κ1) is 22.2. The number of hydrogen-bond donors (Lipinski definition) is 2. The van der Waals surface area contributed by atoms with Crippen molar-refractivity contribution in [2.75, 3.05) is 23.7 Å². The van der Waals surface area contributed by atoms with Gasteiger partial charge in [0, 0.05) is 48.0 Å². The minimum atomic E-state index is -0.303. The van der Waals surface area contributed by atoms with Crippen LogP contribution in [0.5, 0.6) is 0 Å². The molecule has 1 atom stereocenters. The Morgan fingerprint density at radius 3 is 2.42 bits per heavy atom. The van der Waals surface area contributed by atoms with Crippen LogP contribution in [-0.4, -0.2) is 40.7 Å². The molecule has 3 amide bonds. The molecular formula is C26H26N4O3. The molecule has 1 aliphatic heterocycles. The molecule has 4 rings (SSSR count). The number of pyridine rings is 1. The molecule has 1 saturated heterocycles. The summed E-state index contributed by atoms with van der Waals surface area (Å²) in [6.45, 7) is 3.00. The number of piperidine rings is 1. The predicted octanol–water partition coefficient (Wildman–Crippen LogP) is 4.13. The Balaban J connectivity index is 1.38. The van der Waals surface area contributed by atoms with Crippen molar-refractivity contribution in [1.82, 2.24) is 9.88 Å². The van der Waals surface area contributed by atoms with E-state index in [-0.39, 0.29) is 23.6 Å². The molecule has 0 radical (unpaired) electrons. The number of carbonyl (C=O) groups excluding carboxylic acids is 3. The molecule has 168 valence electrons. The van der Waals surface area contributed by atoms with Gasteiger partial charge in [0.1, 0.15) is 0 Å². The summed E-state index contributed by atoms with van der Waals surface area (Å²) in [6, 6.07) is 17.7. The van der Waals surface area contributed by atoms with Crippen LogP contribution >= 0.6 is 0 Å². The summed E-state index contributed by atoms with van der Waals surface area (Å²) in [7, 11) is 0. The smallest absolute Gasteiger partial charge is 0.255 e. The zero-order valence-corrected chi connectivity index (χ0v) is 18.5. The Hall–Kier alpha value is -4.00. The quantitative estimate of drug-likeness (QED) is 0.621. The topological polar surface area (TPSA) is 91.4 Å². The molecule has 33 heavy (non-hydrogen) atoms. The molecule has 1 aromatic heterocycles. The summed E-state index contributed by atoms with van der Waals surface area (Å²) in [4.78, 5) is 44.0. The van der Waals surface area contributed by atoms with Gasteiger partial charge in [-0.3, -0.25) is 19.4 Å². The van der Waals surface area contributed by atoms with E-state index in [4.69, 9.17) is 0 Å². The molecule has 0 bridgehead atoms. The molecule has 3 aromatic rings. The maximum absolute atomic E-state index is 12.9. The van der Waals surface area contributed by atoms with Crippen molar-refractivity contribution in [2.45, 2.75) is 19.8 Å². The van der Waals surface area contributed by atoms with Crippen LogP contribution in [0.4, 0.5) is 11.4 Å². The highest BCUT2D eigenvalue weighted by atomic mass is 16.2. The van der Waals surface area contributed by atoms with E-state index in [0.29, 0.717) is 42.0 Å². The molecule has 7 nitrogen and oxygen atoms in total. The first-order valence-electron chi connectivity index (χ1n) is 11.0. The van der Waals surface area contributed by atoms with E-state index < -0.39 is 0 Å². The van der Waals surface area contributed by atoms with E-state index in [1.165, 1.54) is 0 Å². The van der Waals surface area contributed by atoms with Crippen molar-refractivity contribution in [2.24, 2.45) is 5.92 Å². The molecule has 1 fully saturated rings. The van der Waals surface area contributed by atoms with Gasteiger partial charge in [-0.05, 0) is 62.2 Å². The number of amides is 3. The second kappa shape index (κ2) is 10.1. The maximum Gasteiger partial charge on any atom is 0.255 e. The van der Waals surface area contributed by atoms with Crippen LogP contribution in [0.25, 0.3) is 0 Å². The number of aromatic nitrogens is 1. The second-order valence-corrected chi connectivity index (χ2v) is 8.22. The Morgan fingerprint density at radius 2 is 1.67 bits per heavy atom. The number of nitrogens with one attached hydrogen (secondary N) is 2. The van der Waals surface area contributed by atoms with Crippen LogP contribution in [0.3, 0.4) is 0 Å². The first-order chi connectivity index (χ1) is 16.0. The monoisotopic (exact) mass is 442 g/mol. The lowest BCUT2D eigenvalue weighted by atomic mass is 9.96. The first-order valence-corrected chi connectivity index (χ1v) is 11.0. The number of benzene rings is 2. The van der Waals surface area contributed by atoms with Gasteiger partial charge < -0.3 is 15.5 Å². The number of carbonyl (C=O) groups is 3. The molecule has 0 saturated carbocycles. The predicted molar refractivity (Wildman–Crippen MR) is 127 cm³/mol. The molecule has 1 unspecified atom stereocenters. The number of nitrogens with zero attached hydrogens (tertiary/aromatic N) is 2. The Morgan fingerprint density at radius 1 is 0.909 bits per heavy atom. The van der Waals surface area contributed by atoms with Gasteiger partial charge in [-0.2, -0.15) is 0 Å². The molecular weight excluding hydrogens is 416 g/mol. The van der Waals surface area contributed by atoms with Crippen molar-refractivity contribution in [3.8, 4) is 0 Å². The third-order valence-electron chi connectivity index (χ3n) is 5.71. The van der Waals surface area contributed by atoms with Crippen molar-refractivity contribution < 1.29 is 14.4 Å². The summed E-state index contributed by atoms with van der Waals surface area (Å²) >= 11 is 0. The van der Waals surface area contributed by atoms with Crippen molar-refractivity contribution in [3.05, 3.63) is 89.7 Å². The molecule has 0 spiro atoms. The van der Waals surface area contributed by atoms with E-state index in [0.717, 1.165) is 12.0 Å². The molecule has 2 aromatic carbocycles. The van der Waals surface area contributed by atoms with Crippen LogP contribution in [0, 0.1) is 12.8 Å². The normalized spacial score (nSPS) is 15.5. The van der Waals surface area contributed by atoms with Gasteiger partial charge in [-0.1, -0.05) is 23.8 Å². The molecule has 1 aliphatic rings. The van der Waals surface area contributed by atoms with E-state index in [9.17, 15) is 14.4 Å². The Labute approximate surface area is 192 Å². The second-order valence-electron chi connectivity index (χ2n) is 8.22. The molecule has 2 N–H and O–H groups in total. The average molecular weight is 443 g/mol. The van der Waals surface area contributed by atoms with Crippen LogP contribution < -0.4 is 10.6 Å². The summed E-state index contributed by atoms with van der Waals surface area (Å²) < 4.78 is 0. The van der Waals surface area contributed by atoms with E-state index in [2.05, 4.69) is 15.6 Å². The third kappa shape index (κ3) is 5.63.